The highest BCUT2D eigenvalue weighted by molar-refractivity contribution is 5.95. The second-order valence-electron chi connectivity index (χ2n) is 4.92. The van der Waals surface area contributed by atoms with E-state index in [9.17, 15) is 15.2 Å². The van der Waals surface area contributed by atoms with Gasteiger partial charge in [-0.15, -0.1) is 10.2 Å². The predicted octanol–water partition coefficient (Wildman–Crippen LogP) is 4.74. The van der Waals surface area contributed by atoms with E-state index in [1.54, 1.807) is 12.1 Å². The third-order valence-corrected chi connectivity index (χ3v) is 3.45. The van der Waals surface area contributed by atoms with E-state index < -0.39 is 4.92 Å². The quantitative estimate of drug-likeness (QED) is 0.427. The minimum atomic E-state index is -0.585. The molecule has 0 spiro atoms. The Morgan fingerprint density at radius 2 is 1.88 bits per heavy atom. The van der Waals surface area contributed by atoms with Crippen LogP contribution in [0, 0.1) is 21.4 Å². The van der Waals surface area contributed by atoms with Gasteiger partial charge in [0.15, 0.2) is 0 Å². The van der Waals surface area contributed by atoms with Gasteiger partial charge in [0.25, 0.3) is 5.69 Å². The first-order chi connectivity index (χ1) is 11.6. The molecule has 3 aromatic carbocycles. The molecule has 3 rings (SSSR count). The van der Waals surface area contributed by atoms with Gasteiger partial charge in [-0.2, -0.15) is 5.26 Å². The summed E-state index contributed by atoms with van der Waals surface area (Å²) in [5.41, 5.74) is 0.303. The predicted molar refractivity (Wildman–Crippen MR) is 87.6 cm³/mol. The van der Waals surface area contributed by atoms with Gasteiger partial charge < -0.3 is 5.11 Å². The zero-order chi connectivity index (χ0) is 17.1. The van der Waals surface area contributed by atoms with Gasteiger partial charge in [0.2, 0.25) is 0 Å². The number of phenols is 1. The maximum absolute atomic E-state index is 10.8. The molecule has 24 heavy (non-hydrogen) atoms. The molecule has 0 radical (unpaired) electrons. The number of nitro benzene ring substituents is 1. The number of aromatic hydroxyl groups is 1. The summed E-state index contributed by atoms with van der Waals surface area (Å²) in [7, 11) is 0. The Balaban J connectivity index is 2.08. The topological polar surface area (TPSA) is 112 Å². The zero-order valence-electron chi connectivity index (χ0n) is 12.2. The number of hydrogen-bond acceptors (Lipinski definition) is 6. The highest BCUT2D eigenvalue weighted by Gasteiger charge is 2.11. The summed E-state index contributed by atoms with van der Waals surface area (Å²) < 4.78 is 0. The van der Waals surface area contributed by atoms with Crippen LogP contribution < -0.4 is 0 Å². The van der Waals surface area contributed by atoms with Crippen molar-refractivity contribution in [1.82, 2.24) is 0 Å². The minimum absolute atomic E-state index is 0.0349. The van der Waals surface area contributed by atoms with Gasteiger partial charge in [-0.3, -0.25) is 10.1 Å². The summed E-state index contributed by atoms with van der Waals surface area (Å²) >= 11 is 0. The average Bonchev–Trinajstić information content (AvgIpc) is 2.60. The Kier molecular flexibility index (Phi) is 3.87. The Morgan fingerprint density at radius 3 is 2.62 bits per heavy atom. The highest BCUT2D eigenvalue weighted by Crippen LogP contribution is 2.36. The summed E-state index contributed by atoms with van der Waals surface area (Å²) in [5, 5.41) is 39.5. The van der Waals surface area contributed by atoms with Crippen molar-refractivity contribution in [1.29, 1.82) is 5.26 Å². The third-order valence-electron chi connectivity index (χ3n) is 3.45. The zero-order valence-corrected chi connectivity index (χ0v) is 12.2. The molecule has 0 aliphatic carbocycles. The van der Waals surface area contributed by atoms with Gasteiger partial charge in [-0.1, -0.05) is 30.3 Å². The van der Waals surface area contributed by atoms with Crippen molar-refractivity contribution in [2.75, 3.05) is 0 Å². The lowest BCUT2D eigenvalue weighted by molar-refractivity contribution is -0.384. The summed E-state index contributed by atoms with van der Waals surface area (Å²) in [6.07, 6.45) is 0. The smallest absolute Gasteiger partial charge is 0.270 e. The van der Waals surface area contributed by atoms with Crippen molar-refractivity contribution < 1.29 is 10.0 Å². The van der Waals surface area contributed by atoms with Crippen molar-refractivity contribution in [2.45, 2.75) is 0 Å². The lowest BCUT2D eigenvalue weighted by Crippen LogP contribution is -1.88. The molecule has 0 unspecified atom stereocenters. The molecule has 0 aliphatic rings. The number of fused-ring (bicyclic) bond motifs is 1. The normalized spacial score (nSPS) is 10.8. The molecule has 116 valence electrons. The molecule has 0 amide bonds. The molecule has 0 aliphatic heterocycles. The maximum atomic E-state index is 10.8. The van der Waals surface area contributed by atoms with Gasteiger partial charge in [-0.25, -0.2) is 0 Å². The molecule has 1 N–H and O–H groups in total. The van der Waals surface area contributed by atoms with E-state index >= 15 is 0 Å². The number of nitro groups is 1. The molecule has 0 saturated carbocycles. The molecule has 0 aromatic heterocycles. The van der Waals surface area contributed by atoms with Gasteiger partial charge in [0.1, 0.15) is 23.2 Å². The molecule has 3 aromatic rings. The fourth-order valence-corrected chi connectivity index (χ4v) is 2.27. The number of non-ortho nitro benzene ring substituents is 1. The number of nitriles is 1. The van der Waals surface area contributed by atoms with Crippen LogP contribution in [0.15, 0.2) is 64.8 Å². The van der Waals surface area contributed by atoms with E-state index in [4.69, 9.17) is 5.26 Å². The fraction of sp³-hybridized carbons (Fsp3) is 0. The van der Waals surface area contributed by atoms with Crippen LogP contribution in [0.3, 0.4) is 0 Å². The van der Waals surface area contributed by atoms with E-state index in [-0.39, 0.29) is 28.4 Å². The Bertz CT molecular complexity index is 1020. The standard InChI is InChI=1S/C17H10N4O3/c18-10-12-9-13(21(23)24)6-7-15(12)19-20-17-14-4-2-1-3-11(14)5-8-16(17)22/h1-9,22H. The van der Waals surface area contributed by atoms with E-state index in [0.717, 1.165) is 11.5 Å². The van der Waals surface area contributed by atoms with Crippen molar-refractivity contribution in [3.05, 3.63) is 70.3 Å². The summed E-state index contributed by atoms with van der Waals surface area (Å²) in [6, 6.07) is 16.2. The second kappa shape index (κ2) is 6.14. The fourth-order valence-electron chi connectivity index (χ4n) is 2.27. The van der Waals surface area contributed by atoms with E-state index in [0.29, 0.717) is 5.39 Å². The Labute approximate surface area is 136 Å². The molecule has 0 atom stereocenters. The summed E-state index contributed by atoms with van der Waals surface area (Å²) in [5.74, 6) is -0.0436. The van der Waals surface area contributed by atoms with E-state index in [1.165, 1.54) is 18.2 Å². The molecule has 0 fully saturated rings. The monoisotopic (exact) mass is 318 g/mol. The highest BCUT2D eigenvalue weighted by atomic mass is 16.6. The van der Waals surface area contributed by atoms with Gasteiger partial charge in [0, 0.05) is 17.5 Å². The van der Waals surface area contributed by atoms with Crippen molar-refractivity contribution in [2.24, 2.45) is 10.2 Å². The first-order valence-electron chi connectivity index (χ1n) is 6.91. The number of benzene rings is 3. The molecule has 0 saturated heterocycles. The van der Waals surface area contributed by atoms with Crippen LogP contribution in [0.1, 0.15) is 5.56 Å². The van der Waals surface area contributed by atoms with Crippen LogP contribution in [0.5, 0.6) is 5.75 Å². The second-order valence-corrected chi connectivity index (χ2v) is 4.92. The summed E-state index contributed by atoms with van der Waals surface area (Å²) in [6.45, 7) is 0. The van der Waals surface area contributed by atoms with Crippen LogP contribution in [0.4, 0.5) is 17.1 Å². The third kappa shape index (κ3) is 2.76. The Hall–Kier alpha value is -3.79. The lowest BCUT2D eigenvalue weighted by atomic mass is 10.1. The van der Waals surface area contributed by atoms with Gasteiger partial charge in [-0.05, 0) is 17.5 Å². The Morgan fingerprint density at radius 1 is 1.08 bits per heavy atom. The largest absolute Gasteiger partial charge is 0.506 e. The summed E-state index contributed by atoms with van der Waals surface area (Å²) in [4.78, 5) is 10.2. The van der Waals surface area contributed by atoms with Gasteiger partial charge in [0.05, 0.1) is 10.5 Å². The van der Waals surface area contributed by atoms with Crippen molar-refractivity contribution >= 4 is 27.8 Å². The van der Waals surface area contributed by atoms with Crippen molar-refractivity contribution in [3.63, 3.8) is 0 Å². The molecular formula is C17H10N4O3. The number of azo groups is 1. The van der Waals surface area contributed by atoms with E-state index in [1.807, 2.05) is 24.3 Å². The van der Waals surface area contributed by atoms with Gasteiger partial charge >= 0.3 is 0 Å². The SMILES string of the molecule is N#Cc1cc([N+](=O)[O-])ccc1N=Nc1c(O)ccc2ccccc12. The molecule has 0 heterocycles. The average molecular weight is 318 g/mol. The van der Waals surface area contributed by atoms with Crippen LogP contribution in [0.25, 0.3) is 10.8 Å². The lowest BCUT2D eigenvalue weighted by Gasteiger charge is -2.03. The van der Waals surface area contributed by atoms with E-state index in [2.05, 4.69) is 10.2 Å². The van der Waals surface area contributed by atoms with Crippen LogP contribution in [0.2, 0.25) is 0 Å². The van der Waals surface area contributed by atoms with Crippen molar-refractivity contribution in [3.8, 4) is 11.8 Å². The first-order valence-corrected chi connectivity index (χ1v) is 6.91. The minimum Gasteiger partial charge on any atom is -0.506 e. The number of hydrogen-bond donors (Lipinski definition) is 1. The number of rotatable bonds is 3. The number of nitrogens with zero attached hydrogens (tertiary/aromatic N) is 4. The number of phenolic OH excluding ortho intramolecular Hbond substituents is 1. The van der Waals surface area contributed by atoms with Crippen LogP contribution in [-0.2, 0) is 0 Å². The molecule has 7 nitrogen and oxygen atoms in total. The van der Waals surface area contributed by atoms with Crippen LogP contribution >= 0.6 is 0 Å². The maximum Gasteiger partial charge on any atom is 0.270 e. The van der Waals surface area contributed by atoms with Crippen LogP contribution in [-0.4, -0.2) is 10.0 Å². The molecule has 7 heteroatoms. The molecular weight excluding hydrogens is 308 g/mol. The first kappa shape index (κ1) is 15.1. The molecule has 0 bridgehead atoms.